The molecule has 0 spiro atoms. The topological polar surface area (TPSA) is 48.9 Å². The van der Waals surface area contributed by atoms with Crippen molar-refractivity contribution in [2.75, 3.05) is 0 Å². The quantitative estimate of drug-likeness (QED) is 0.669. The zero-order chi connectivity index (χ0) is 16.5. The number of nitrogens with zero attached hydrogens (tertiary/aromatic N) is 1. The van der Waals surface area contributed by atoms with Crippen molar-refractivity contribution in [3.8, 4) is 0 Å². The molecule has 1 aliphatic carbocycles. The van der Waals surface area contributed by atoms with Crippen molar-refractivity contribution in [2.45, 2.75) is 35.2 Å². The molecule has 1 atom stereocenters. The summed E-state index contributed by atoms with van der Waals surface area (Å²) in [6.45, 7) is 0. The first-order valence-electron chi connectivity index (χ1n) is 7.98. The van der Waals surface area contributed by atoms with Gasteiger partial charge in [0, 0.05) is 26.4 Å². The molecule has 0 amide bonds. The summed E-state index contributed by atoms with van der Waals surface area (Å²) in [5.74, 6) is 0. The number of hydrogen-bond donors (Lipinski definition) is 2. The van der Waals surface area contributed by atoms with Crippen LogP contribution in [0.4, 0.5) is 0 Å². The van der Waals surface area contributed by atoms with Gasteiger partial charge in [-0.2, -0.15) is 0 Å². The monoisotopic (exact) mass is 356 g/mol. The van der Waals surface area contributed by atoms with E-state index in [1.54, 1.807) is 18.0 Å². The van der Waals surface area contributed by atoms with Crippen molar-refractivity contribution in [2.24, 2.45) is 0 Å². The smallest absolute Gasteiger partial charge is 0.138 e. The molecule has 0 aliphatic heterocycles. The number of pyridine rings is 1. The zero-order valence-electron chi connectivity index (χ0n) is 13.0. The lowest BCUT2D eigenvalue weighted by molar-refractivity contribution is 0.166. The van der Waals surface area contributed by atoms with E-state index >= 15 is 0 Å². The normalized spacial score (nSPS) is 17.9. The first kappa shape index (κ1) is 15.8. The van der Waals surface area contributed by atoms with Crippen LogP contribution in [0.1, 0.15) is 25.0 Å². The maximum absolute atomic E-state index is 9.76. The van der Waals surface area contributed by atoms with Gasteiger partial charge in [-0.1, -0.05) is 29.4 Å². The van der Waals surface area contributed by atoms with Crippen LogP contribution in [0.25, 0.3) is 16.6 Å². The van der Waals surface area contributed by atoms with Crippen LogP contribution in [0.2, 0.25) is 5.02 Å². The summed E-state index contributed by atoms with van der Waals surface area (Å²) in [4.78, 5) is 10.3. The number of hydrogen-bond acceptors (Lipinski definition) is 3. The van der Waals surface area contributed by atoms with Crippen molar-refractivity contribution in [1.29, 1.82) is 0 Å². The van der Waals surface area contributed by atoms with Crippen molar-refractivity contribution in [3.05, 3.63) is 59.4 Å². The van der Waals surface area contributed by atoms with Gasteiger partial charge >= 0.3 is 0 Å². The van der Waals surface area contributed by atoms with Crippen LogP contribution in [0.5, 0.6) is 0 Å². The van der Waals surface area contributed by atoms with E-state index in [0.29, 0.717) is 6.42 Å². The summed E-state index contributed by atoms with van der Waals surface area (Å²) in [6, 6.07) is 11.9. The van der Waals surface area contributed by atoms with E-state index in [9.17, 15) is 5.11 Å². The minimum absolute atomic E-state index is 0.219. The molecule has 0 fully saturated rings. The van der Waals surface area contributed by atoms with Gasteiger partial charge in [0.05, 0.1) is 11.8 Å². The molecule has 0 saturated carbocycles. The lowest BCUT2D eigenvalue weighted by Crippen LogP contribution is -2.10. The van der Waals surface area contributed by atoms with E-state index in [2.05, 4.69) is 22.1 Å². The van der Waals surface area contributed by atoms with Crippen molar-refractivity contribution < 1.29 is 5.11 Å². The number of aliphatic hydroxyl groups is 1. The second-order valence-corrected chi connectivity index (χ2v) is 7.46. The Kier molecular flexibility index (Phi) is 4.35. The first-order chi connectivity index (χ1) is 11.7. The Labute approximate surface area is 149 Å². The van der Waals surface area contributed by atoms with Crippen molar-refractivity contribution in [1.82, 2.24) is 9.97 Å². The van der Waals surface area contributed by atoms with Gasteiger partial charge in [0.2, 0.25) is 0 Å². The number of nitrogens with one attached hydrogen (secondary N) is 1. The minimum Gasteiger partial charge on any atom is -0.393 e. The average Bonchev–Trinajstić information content (AvgIpc) is 2.96. The van der Waals surface area contributed by atoms with E-state index in [0.717, 1.165) is 39.5 Å². The van der Waals surface area contributed by atoms with Crippen molar-refractivity contribution >= 4 is 40.0 Å². The number of rotatable bonds is 3. The van der Waals surface area contributed by atoms with E-state index < -0.39 is 0 Å². The average molecular weight is 357 g/mol. The lowest BCUT2D eigenvalue weighted by atomic mass is 9.95. The third kappa shape index (κ3) is 3.09. The highest BCUT2D eigenvalue weighted by molar-refractivity contribution is 7.99. The van der Waals surface area contributed by atoms with Gasteiger partial charge < -0.3 is 10.1 Å². The van der Waals surface area contributed by atoms with Gasteiger partial charge in [-0.05, 0) is 61.2 Å². The number of halogens is 1. The van der Waals surface area contributed by atoms with Gasteiger partial charge in [-0.3, -0.25) is 0 Å². The SMILES string of the molecule is OC1CC=C(c2[nH]c3ncccc3c2Sc2ccc(Cl)cc2)CC1. The fourth-order valence-electron chi connectivity index (χ4n) is 3.00. The third-order valence-corrected chi connectivity index (χ3v) is 5.65. The molecular weight excluding hydrogens is 340 g/mol. The molecular formula is C19H17ClN2OS. The first-order valence-corrected chi connectivity index (χ1v) is 9.18. The largest absolute Gasteiger partial charge is 0.393 e. The third-order valence-electron chi connectivity index (χ3n) is 4.26. The van der Waals surface area contributed by atoms with Crippen LogP contribution >= 0.6 is 23.4 Å². The van der Waals surface area contributed by atoms with Crippen LogP contribution in [0, 0.1) is 0 Å². The number of fused-ring (bicyclic) bond motifs is 1. The molecule has 3 aromatic rings. The van der Waals surface area contributed by atoms with Crippen LogP contribution in [0.15, 0.2) is 58.5 Å². The minimum atomic E-state index is -0.219. The summed E-state index contributed by atoms with van der Waals surface area (Å²) in [5.41, 5.74) is 3.28. The molecule has 3 nitrogen and oxygen atoms in total. The van der Waals surface area contributed by atoms with Gasteiger partial charge in [-0.15, -0.1) is 0 Å². The fraction of sp³-hybridized carbons (Fsp3) is 0.211. The van der Waals surface area contributed by atoms with Gasteiger partial charge in [0.15, 0.2) is 0 Å². The summed E-state index contributed by atoms with van der Waals surface area (Å²) in [6.07, 6.45) is 6.12. The Balaban J connectivity index is 1.79. The Morgan fingerprint density at radius 3 is 2.79 bits per heavy atom. The molecule has 4 rings (SSSR count). The number of H-pyrrole nitrogens is 1. The molecule has 2 heterocycles. The Hall–Kier alpha value is -1.75. The molecule has 2 N–H and O–H groups in total. The molecule has 0 radical (unpaired) electrons. The molecule has 24 heavy (non-hydrogen) atoms. The Morgan fingerprint density at radius 1 is 1.21 bits per heavy atom. The van der Waals surface area contributed by atoms with E-state index in [1.807, 2.05) is 30.3 Å². The van der Waals surface area contributed by atoms with Crippen LogP contribution in [0.3, 0.4) is 0 Å². The highest BCUT2D eigenvalue weighted by Gasteiger charge is 2.20. The molecule has 0 bridgehead atoms. The number of aromatic nitrogens is 2. The second kappa shape index (κ2) is 6.63. The predicted octanol–water partition coefficient (Wildman–Crippen LogP) is 5.30. The van der Waals surface area contributed by atoms with Gasteiger partial charge in [0.25, 0.3) is 0 Å². The molecule has 0 saturated heterocycles. The molecule has 1 aliphatic rings. The lowest BCUT2D eigenvalue weighted by Gasteiger charge is -2.17. The highest BCUT2D eigenvalue weighted by atomic mass is 35.5. The maximum atomic E-state index is 9.76. The summed E-state index contributed by atoms with van der Waals surface area (Å²) >= 11 is 7.72. The Bertz CT molecular complexity index is 901. The number of allylic oxidation sites excluding steroid dienone is 1. The number of aromatic amines is 1. The Morgan fingerprint density at radius 2 is 2.04 bits per heavy atom. The van der Waals surface area contributed by atoms with Gasteiger partial charge in [0.1, 0.15) is 5.65 Å². The number of benzene rings is 1. The summed E-state index contributed by atoms with van der Waals surface area (Å²) < 4.78 is 0. The van der Waals surface area contributed by atoms with Crippen molar-refractivity contribution in [3.63, 3.8) is 0 Å². The number of aliphatic hydroxyl groups excluding tert-OH is 1. The second-order valence-electron chi connectivity index (χ2n) is 5.94. The van der Waals surface area contributed by atoms with E-state index in [1.165, 1.54) is 10.5 Å². The molecule has 122 valence electrons. The molecule has 1 aromatic carbocycles. The molecule has 1 unspecified atom stereocenters. The predicted molar refractivity (Wildman–Crippen MR) is 99.5 cm³/mol. The fourth-order valence-corrected chi connectivity index (χ4v) is 4.19. The van der Waals surface area contributed by atoms with Crippen LogP contribution in [-0.4, -0.2) is 21.2 Å². The van der Waals surface area contributed by atoms with Crippen LogP contribution in [-0.2, 0) is 0 Å². The van der Waals surface area contributed by atoms with Gasteiger partial charge in [-0.25, -0.2) is 4.98 Å². The summed E-state index contributed by atoms with van der Waals surface area (Å²) in [7, 11) is 0. The van der Waals surface area contributed by atoms with Crippen LogP contribution < -0.4 is 0 Å². The zero-order valence-corrected chi connectivity index (χ0v) is 14.6. The van der Waals surface area contributed by atoms with E-state index in [4.69, 9.17) is 11.6 Å². The maximum Gasteiger partial charge on any atom is 0.138 e. The molecule has 2 aromatic heterocycles. The standard InChI is InChI=1S/C19H17ClN2OS/c20-13-5-9-15(10-6-13)24-18-16-2-1-11-21-19(16)22-17(18)12-3-7-14(23)8-4-12/h1-3,5-6,9-11,14,23H,4,7-8H2,(H,21,22). The molecule has 5 heteroatoms. The highest BCUT2D eigenvalue weighted by Crippen LogP contribution is 2.41. The summed E-state index contributed by atoms with van der Waals surface area (Å²) in [5, 5.41) is 11.6. The van der Waals surface area contributed by atoms with E-state index in [-0.39, 0.29) is 6.10 Å².